The molecule has 0 spiro atoms. The number of nitrogens with one attached hydrogen (secondary N) is 1. The fourth-order valence-corrected chi connectivity index (χ4v) is 3.15. The fraction of sp³-hybridized carbons (Fsp3) is 0.421. The lowest BCUT2D eigenvalue weighted by molar-refractivity contribution is 0.0901. The van der Waals surface area contributed by atoms with Crippen LogP contribution in [0.25, 0.3) is 0 Å². The second kappa shape index (κ2) is 8.25. The third-order valence-electron chi connectivity index (χ3n) is 4.25. The van der Waals surface area contributed by atoms with Crippen molar-refractivity contribution in [3.05, 3.63) is 52.9 Å². The first-order valence-electron chi connectivity index (χ1n) is 8.48. The summed E-state index contributed by atoms with van der Waals surface area (Å²) in [4.78, 5) is 12.3. The zero-order chi connectivity index (χ0) is 16.8. The Hall–Kier alpha value is -1.94. The summed E-state index contributed by atoms with van der Waals surface area (Å²) >= 11 is 5.92. The van der Waals surface area contributed by atoms with Crippen molar-refractivity contribution >= 4 is 17.5 Å². The summed E-state index contributed by atoms with van der Waals surface area (Å²) in [6.07, 6.45) is 6.99. The van der Waals surface area contributed by atoms with Crippen molar-refractivity contribution < 1.29 is 13.9 Å². The van der Waals surface area contributed by atoms with Crippen molar-refractivity contribution in [2.24, 2.45) is 0 Å². The van der Waals surface area contributed by atoms with E-state index in [-0.39, 0.29) is 18.6 Å². The SMILES string of the molecule is O=C(NC1CCCCCC1)c1ccc(COc2cccc(Cl)c2)o1. The molecule has 1 heterocycles. The van der Waals surface area contributed by atoms with Gasteiger partial charge in [-0.2, -0.15) is 0 Å². The summed E-state index contributed by atoms with van der Waals surface area (Å²) in [5.41, 5.74) is 0. The first kappa shape index (κ1) is 16.9. The van der Waals surface area contributed by atoms with Gasteiger partial charge in [-0.25, -0.2) is 0 Å². The number of furan rings is 1. The number of ether oxygens (including phenoxy) is 1. The van der Waals surface area contributed by atoms with Crippen LogP contribution >= 0.6 is 11.6 Å². The molecule has 3 rings (SSSR count). The highest BCUT2D eigenvalue weighted by atomic mass is 35.5. The second-order valence-corrected chi connectivity index (χ2v) is 6.61. The molecule has 1 fully saturated rings. The summed E-state index contributed by atoms with van der Waals surface area (Å²) in [5, 5.41) is 3.70. The Kier molecular flexibility index (Phi) is 5.81. The smallest absolute Gasteiger partial charge is 0.287 e. The Labute approximate surface area is 147 Å². The van der Waals surface area contributed by atoms with Crippen LogP contribution in [0.2, 0.25) is 5.02 Å². The molecule has 1 aromatic carbocycles. The number of carbonyl (C=O) groups excluding carboxylic acids is 1. The van der Waals surface area contributed by atoms with Crippen LogP contribution < -0.4 is 10.1 Å². The van der Waals surface area contributed by atoms with Gasteiger partial charge in [0.2, 0.25) is 0 Å². The molecule has 4 nitrogen and oxygen atoms in total. The summed E-state index contributed by atoms with van der Waals surface area (Å²) < 4.78 is 11.2. The Morgan fingerprint density at radius 2 is 1.96 bits per heavy atom. The molecule has 0 saturated heterocycles. The molecule has 24 heavy (non-hydrogen) atoms. The van der Waals surface area contributed by atoms with Gasteiger partial charge in [0, 0.05) is 11.1 Å². The van der Waals surface area contributed by atoms with Gasteiger partial charge in [0.1, 0.15) is 18.1 Å². The topological polar surface area (TPSA) is 51.5 Å². The van der Waals surface area contributed by atoms with Gasteiger partial charge in [-0.05, 0) is 43.2 Å². The van der Waals surface area contributed by atoms with E-state index in [0.717, 1.165) is 12.8 Å². The molecule has 5 heteroatoms. The average Bonchev–Trinajstić information content (AvgIpc) is 2.91. The van der Waals surface area contributed by atoms with Crippen molar-refractivity contribution in [2.75, 3.05) is 0 Å². The van der Waals surface area contributed by atoms with E-state index < -0.39 is 0 Å². The van der Waals surface area contributed by atoms with Gasteiger partial charge >= 0.3 is 0 Å². The van der Waals surface area contributed by atoms with Gasteiger partial charge < -0.3 is 14.5 Å². The zero-order valence-electron chi connectivity index (χ0n) is 13.6. The molecular weight excluding hydrogens is 326 g/mol. The first-order valence-corrected chi connectivity index (χ1v) is 8.86. The molecular formula is C19H22ClNO3. The molecule has 1 aromatic heterocycles. The lowest BCUT2D eigenvalue weighted by atomic mass is 10.1. The van der Waals surface area contributed by atoms with E-state index in [1.165, 1.54) is 25.7 Å². The van der Waals surface area contributed by atoms with Crippen LogP contribution in [0.15, 0.2) is 40.8 Å². The lowest BCUT2D eigenvalue weighted by Crippen LogP contribution is -2.34. The Morgan fingerprint density at radius 3 is 2.71 bits per heavy atom. The van der Waals surface area contributed by atoms with Crippen LogP contribution in [0, 0.1) is 0 Å². The van der Waals surface area contributed by atoms with Crippen LogP contribution in [0.1, 0.15) is 54.8 Å². The number of hydrogen-bond donors (Lipinski definition) is 1. The Bertz CT molecular complexity index is 675. The third-order valence-corrected chi connectivity index (χ3v) is 4.49. The first-order chi connectivity index (χ1) is 11.7. The third kappa shape index (κ3) is 4.78. The molecule has 1 saturated carbocycles. The van der Waals surface area contributed by atoms with Gasteiger partial charge in [0.25, 0.3) is 5.91 Å². The van der Waals surface area contributed by atoms with Crippen molar-refractivity contribution in [1.82, 2.24) is 5.32 Å². The molecule has 1 amide bonds. The standard InChI is InChI=1S/C19H22ClNO3/c20-14-6-5-9-16(12-14)23-13-17-10-11-18(24-17)19(22)21-15-7-3-1-2-4-8-15/h5-6,9-12,15H,1-4,7-8,13H2,(H,21,22). The minimum absolute atomic E-state index is 0.143. The van der Waals surface area contributed by atoms with Crippen molar-refractivity contribution in [3.8, 4) is 5.75 Å². The van der Waals surface area contributed by atoms with Gasteiger partial charge in [0.05, 0.1) is 0 Å². The van der Waals surface area contributed by atoms with Crippen LogP contribution in [-0.4, -0.2) is 11.9 Å². The summed E-state index contributed by atoms with van der Waals surface area (Å²) in [6, 6.07) is 10.9. The number of halogens is 1. The quantitative estimate of drug-likeness (QED) is 0.777. The minimum atomic E-state index is -0.143. The number of carbonyl (C=O) groups is 1. The molecule has 0 atom stereocenters. The van der Waals surface area contributed by atoms with Crippen molar-refractivity contribution in [2.45, 2.75) is 51.2 Å². The summed E-state index contributed by atoms with van der Waals surface area (Å²) in [5.74, 6) is 1.48. The van der Waals surface area contributed by atoms with Crippen LogP contribution in [0.5, 0.6) is 5.75 Å². The van der Waals surface area contributed by atoms with Gasteiger partial charge in [-0.3, -0.25) is 4.79 Å². The van der Waals surface area contributed by atoms with E-state index >= 15 is 0 Å². The van der Waals surface area contributed by atoms with E-state index in [0.29, 0.717) is 22.3 Å². The second-order valence-electron chi connectivity index (χ2n) is 6.17. The van der Waals surface area contributed by atoms with E-state index in [1.807, 2.05) is 12.1 Å². The van der Waals surface area contributed by atoms with Crippen molar-refractivity contribution in [1.29, 1.82) is 0 Å². The lowest BCUT2D eigenvalue weighted by Gasteiger charge is -2.14. The zero-order valence-corrected chi connectivity index (χ0v) is 14.3. The molecule has 0 radical (unpaired) electrons. The fourth-order valence-electron chi connectivity index (χ4n) is 2.97. The van der Waals surface area contributed by atoms with Crippen molar-refractivity contribution in [3.63, 3.8) is 0 Å². The predicted molar refractivity (Wildman–Crippen MR) is 93.4 cm³/mol. The van der Waals surface area contributed by atoms with Crippen LogP contribution in [-0.2, 0) is 6.61 Å². The largest absolute Gasteiger partial charge is 0.486 e. The Morgan fingerprint density at radius 1 is 1.17 bits per heavy atom. The molecule has 0 bridgehead atoms. The maximum absolute atomic E-state index is 12.3. The number of benzene rings is 1. The van der Waals surface area contributed by atoms with Crippen LogP contribution in [0.3, 0.4) is 0 Å². The summed E-state index contributed by atoms with van der Waals surface area (Å²) in [7, 11) is 0. The minimum Gasteiger partial charge on any atom is -0.486 e. The maximum Gasteiger partial charge on any atom is 0.287 e. The van der Waals surface area contributed by atoms with Gasteiger partial charge in [-0.15, -0.1) is 0 Å². The average molecular weight is 348 g/mol. The highest BCUT2D eigenvalue weighted by Crippen LogP contribution is 2.20. The van der Waals surface area contributed by atoms with E-state index in [4.69, 9.17) is 20.8 Å². The molecule has 1 aliphatic carbocycles. The van der Waals surface area contributed by atoms with E-state index in [1.54, 1.807) is 24.3 Å². The molecule has 2 aromatic rings. The molecule has 0 aliphatic heterocycles. The monoisotopic (exact) mass is 347 g/mol. The normalized spacial score (nSPS) is 15.7. The summed E-state index contributed by atoms with van der Waals surface area (Å²) in [6.45, 7) is 0.261. The van der Waals surface area contributed by atoms with Crippen LogP contribution in [0.4, 0.5) is 0 Å². The van der Waals surface area contributed by atoms with Gasteiger partial charge in [0.15, 0.2) is 5.76 Å². The molecule has 1 N–H and O–H groups in total. The van der Waals surface area contributed by atoms with E-state index in [9.17, 15) is 4.79 Å². The Balaban J connectivity index is 1.53. The van der Waals surface area contributed by atoms with E-state index in [2.05, 4.69) is 5.32 Å². The molecule has 0 unspecified atom stereocenters. The highest BCUT2D eigenvalue weighted by molar-refractivity contribution is 6.30. The number of amides is 1. The molecule has 128 valence electrons. The van der Waals surface area contributed by atoms with Gasteiger partial charge in [-0.1, -0.05) is 43.4 Å². The number of rotatable bonds is 5. The predicted octanol–water partition coefficient (Wildman–Crippen LogP) is 4.96. The highest BCUT2D eigenvalue weighted by Gasteiger charge is 2.18. The molecule has 1 aliphatic rings. The maximum atomic E-state index is 12.3. The number of hydrogen-bond acceptors (Lipinski definition) is 3.